The Bertz CT molecular complexity index is 1760. The number of pyridine rings is 1. The molecule has 14 heteroatoms. The third-order valence-corrected chi connectivity index (χ3v) is 7.70. The molecule has 0 unspecified atom stereocenters. The van der Waals surface area contributed by atoms with Crippen LogP contribution >= 0.6 is 15.9 Å². The average Bonchev–Trinajstić information content (AvgIpc) is 3.56. The van der Waals surface area contributed by atoms with Crippen LogP contribution in [0.25, 0.3) is 22.0 Å². The molecule has 0 aliphatic carbocycles. The fourth-order valence-corrected chi connectivity index (χ4v) is 5.39. The van der Waals surface area contributed by atoms with Crippen LogP contribution in [0.1, 0.15) is 36.5 Å². The molecule has 44 heavy (non-hydrogen) atoms. The third-order valence-electron chi connectivity index (χ3n) is 7.14. The second-order valence-corrected chi connectivity index (χ2v) is 10.9. The molecule has 0 saturated carbocycles. The third kappa shape index (κ3) is 6.64. The molecule has 5 rings (SSSR count). The second kappa shape index (κ2) is 13.0. The minimum atomic E-state index is -1.41. The molecular formula is C30H27BrF2N6O5. The maximum Gasteiger partial charge on any atom is 0.313 e. The number of carbonyl (C=O) groups excluding carboxylic acids is 4. The zero-order valence-electron chi connectivity index (χ0n) is 23.7. The SMILES string of the molecule is CCOC(=O)Cc1ncc(-c2ccc3c(c2)c(C(C)=O)cn3CC(=O)N2C[C@H](F)C[C@H]2C(=O)Nc2ccc(F)c(Br)n2)cn1. The van der Waals surface area contributed by atoms with E-state index in [9.17, 15) is 28.0 Å². The van der Waals surface area contributed by atoms with E-state index in [1.54, 1.807) is 48.3 Å². The normalized spacial score (nSPS) is 16.2. The maximum absolute atomic E-state index is 14.5. The minimum absolute atomic E-state index is 0.0512. The van der Waals surface area contributed by atoms with Gasteiger partial charge in [-0.05, 0) is 59.6 Å². The van der Waals surface area contributed by atoms with E-state index in [0.717, 1.165) is 6.07 Å². The van der Waals surface area contributed by atoms with E-state index in [0.29, 0.717) is 33.4 Å². The minimum Gasteiger partial charge on any atom is -0.466 e. The van der Waals surface area contributed by atoms with Gasteiger partial charge >= 0.3 is 5.97 Å². The monoisotopic (exact) mass is 668 g/mol. The molecule has 1 fully saturated rings. The summed E-state index contributed by atoms with van der Waals surface area (Å²) >= 11 is 2.96. The Morgan fingerprint density at radius 1 is 1.11 bits per heavy atom. The van der Waals surface area contributed by atoms with E-state index in [2.05, 4.69) is 36.2 Å². The van der Waals surface area contributed by atoms with Crippen molar-refractivity contribution in [1.29, 1.82) is 0 Å². The lowest BCUT2D eigenvalue weighted by Crippen LogP contribution is -2.44. The van der Waals surface area contributed by atoms with E-state index in [1.165, 1.54) is 17.9 Å². The van der Waals surface area contributed by atoms with Crippen molar-refractivity contribution in [3.05, 3.63) is 70.7 Å². The molecular weight excluding hydrogens is 642 g/mol. The Morgan fingerprint density at radius 3 is 2.55 bits per heavy atom. The van der Waals surface area contributed by atoms with Gasteiger partial charge in [-0.2, -0.15) is 0 Å². The number of fused-ring (bicyclic) bond motifs is 1. The molecule has 2 amide bonds. The first-order valence-corrected chi connectivity index (χ1v) is 14.5. The Hall–Kier alpha value is -4.59. The van der Waals surface area contributed by atoms with Gasteiger partial charge in [0.05, 0.1) is 13.2 Å². The van der Waals surface area contributed by atoms with Crippen LogP contribution in [0.5, 0.6) is 0 Å². The largest absolute Gasteiger partial charge is 0.466 e. The number of benzene rings is 1. The fourth-order valence-electron chi connectivity index (χ4n) is 5.07. The van der Waals surface area contributed by atoms with Crippen molar-refractivity contribution >= 4 is 56.2 Å². The molecule has 1 N–H and O–H groups in total. The summed E-state index contributed by atoms with van der Waals surface area (Å²) in [5, 5.41) is 3.11. The number of ether oxygens (including phenoxy) is 1. The number of nitrogens with zero attached hydrogens (tertiary/aromatic N) is 5. The molecule has 2 atom stereocenters. The van der Waals surface area contributed by atoms with Crippen molar-refractivity contribution < 1.29 is 32.7 Å². The predicted octanol–water partition coefficient (Wildman–Crippen LogP) is 4.28. The number of rotatable bonds is 9. The highest BCUT2D eigenvalue weighted by Crippen LogP contribution is 2.29. The van der Waals surface area contributed by atoms with Gasteiger partial charge in [0, 0.05) is 47.0 Å². The van der Waals surface area contributed by atoms with Crippen molar-refractivity contribution in [2.24, 2.45) is 0 Å². The van der Waals surface area contributed by atoms with Gasteiger partial charge < -0.3 is 19.5 Å². The summed E-state index contributed by atoms with van der Waals surface area (Å²) in [6.45, 7) is 2.88. The molecule has 0 spiro atoms. The number of anilines is 1. The Kier molecular flexibility index (Phi) is 9.09. The number of aromatic nitrogens is 4. The summed E-state index contributed by atoms with van der Waals surface area (Å²) in [4.78, 5) is 64.3. The average molecular weight is 669 g/mol. The van der Waals surface area contributed by atoms with Crippen molar-refractivity contribution in [2.75, 3.05) is 18.5 Å². The Morgan fingerprint density at radius 2 is 1.86 bits per heavy atom. The van der Waals surface area contributed by atoms with Crippen LogP contribution in [0, 0.1) is 5.82 Å². The number of carbonyl (C=O) groups is 4. The lowest BCUT2D eigenvalue weighted by atomic mass is 10.0. The van der Waals surface area contributed by atoms with Crippen LogP contribution in [0.2, 0.25) is 0 Å². The van der Waals surface area contributed by atoms with Crippen LogP contribution in [0.15, 0.2) is 53.5 Å². The van der Waals surface area contributed by atoms with E-state index >= 15 is 0 Å². The molecule has 11 nitrogen and oxygen atoms in total. The fraction of sp³-hybridized carbons (Fsp3) is 0.300. The van der Waals surface area contributed by atoms with Crippen LogP contribution in [0.3, 0.4) is 0 Å². The molecule has 1 aliphatic heterocycles. The summed E-state index contributed by atoms with van der Waals surface area (Å²) in [6, 6.07) is 6.60. The summed E-state index contributed by atoms with van der Waals surface area (Å²) < 4.78 is 34.5. The van der Waals surface area contributed by atoms with Gasteiger partial charge in [-0.15, -0.1) is 0 Å². The number of likely N-dealkylation sites (tertiary alicyclic amines) is 1. The van der Waals surface area contributed by atoms with E-state index in [-0.39, 0.29) is 48.7 Å². The van der Waals surface area contributed by atoms with Crippen LogP contribution in [0.4, 0.5) is 14.6 Å². The van der Waals surface area contributed by atoms with Gasteiger partial charge in [0.15, 0.2) is 11.6 Å². The highest BCUT2D eigenvalue weighted by molar-refractivity contribution is 9.10. The molecule has 1 aliphatic rings. The Balaban J connectivity index is 1.36. The van der Waals surface area contributed by atoms with Gasteiger partial charge in [-0.1, -0.05) is 6.07 Å². The first-order valence-electron chi connectivity index (χ1n) is 13.7. The highest BCUT2D eigenvalue weighted by atomic mass is 79.9. The zero-order valence-corrected chi connectivity index (χ0v) is 25.3. The summed E-state index contributed by atoms with van der Waals surface area (Å²) in [5.74, 6) is -2.06. The summed E-state index contributed by atoms with van der Waals surface area (Å²) in [7, 11) is 0. The number of nitrogens with one attached hydrogen (secondary N) is 1. The van der Waals surface area contributed by atoms with Gasteiger partial charge in [0.25, 0.3) is 0 Å². The summed E-state index contributed by atoms with van der Waals surface area (Å²) in [5.41, 5.74) is 2.33. The van der Waals surface area contributed by atoms with Crippen molar-refractivity contribution in [3.8, 4) is 11.1 Å². The highest BCUT2D eigenvalue weighted by Gasteiger charge is 2.40. The van der Waals surface area contributed by atoms with Gasteiger partial charge in [-0.25, -0.2) is 23.7 Å². The molecule has 4 heterocycles. The lowest BCUT2D eigenvalue weighted by molar-refractivity contribution is -0.142. The number of Topliss-reactive ketones (excluding diaryl/α,β-unsaturated/α-hetero) is 1. The first kappa shape index (κ1) is 30.9. The lowest BCUT2D eigenvalue weighted by Gasteiger charge is -2.24. The summed E-state index contributed by atoms with van der Waals surface area (Å²) in [6.07, 6.45) is 3.04. The first-order chi connectivity index (χ1) is 21.0. The Labute approximate surface area is 258 Å². The van der Waals surface area contributed by atoms with E-state index in [4.69, 9.17) is 4.74 Å². The standard InChI is InChI=1S/C30H27BrF2N6O5/c1-3-44-28(42)10-26-34-11-18(12-35-26)17-4-6-23-20(8-17)21(16(2)40)14-38(23)15-27(41)39-13-19(32)9-24(39)30(43)37-25-7-5-22(33)29(31)36-25/h4-8,11-12,14,19,24H,3,9-10,13,15H2,1-2H3,(H,36,37,43)/t19-,24+/m1/s1. The van der Waals surface area contributed by atoms with E-state index in [1.807, 2.05) is 0 Å². The van der Waals surface area contributed by atoms with Crippen LogP contribution in [-0.4, -0.2) is 73.4 Å². The predicted molar refractivity (Wildman–Crippen MR) is 159 cm³/mol. The van der Waals surface area contributed by atoms with Gasteiger partial charge in [0.1, 0.15) is 41.4 Å². The van der Waals surface area contributed by atoms with Crippen molar-refractivity contribution in [2.45, 2.75) is 45.4 Å². The number of alkyl halides is 1. The maximum atomic E-state index is 14.5. The van der Waals surface area contributed by atoms with Gasteiger partial charge in [0.2, 0.25) is 11.8 Å². The molecule has 228 valence electrons. The molecule has 0 bridgehead atoms. The number of esters is 1. The quantitative estimate of drug-likeness (QED) is 0.159. The number of hydrogen-bond acceptors (Lipinski definition) is 8. The molecule has 1 saturated heterocycles. The topological polar surface area (TPSA) is 136 Å². The molecule has 0 radical (unpaired) electrons. The second-order valence-electron chi connectivity index (χ2n) is 10.2. The van der Waals surface area contributed by atoms with Crippen molar-refractivity contribution in [3.63, 3.8) is 0 Å². The molecule has 4 aromatic rings. The number of amides is 2. The zero-order chi connectivity index (χ0) is 31.5. The van der Waals surface area contributed by atoms with E-state index < -0.39 is 35.8 Å². The van der Waals surface area contributed by atoms with Crippen LogP contribution in [-0.2, 0) is 32.1 Å². The van der Waals surface area contributed by atoms with Gasteiger partial charge in [-0.3, -0.25) is 19.2 Å². The van der Waals surface area contributed by atoms with Crippen LogP contribution < -0.4 is 5.32 Å². The number of ketones is 1. The number of hydrogen-bond donors (Lipinski definition) is 1. The molecule has 3 aromatic heterocycles. The smallest absolute Gasteiger partial charge is 0.313 e. The molecule has 1 aromatic carbocycles. The number of halogens is 3. The van der Waals surface area contributed by atoms with Crippen molar-refractivity contribution in [1.82, 2.24) is 24.4 Å².